The van der Waals surface area contributed by atoms with Gasteiger partial charge in [0.05, 0.1) is 12.2 Å². The van der Waals surface area contributed by atoms with Gasteiger partial charge in [-0.2, -0.15) is 10.2 Å². The zero-order chi connectivity index (χ0) is 22.4. The molecule has 2 N–H and O–H groups in total. The summed E-state index contributed by atoms with van der Waals surface area (Å²) in [5.41, 5.74) is 7.60. The van der Waals surface area contributed by atoms with Crippen molar-refractivity contribution in [2.24, 2.45) is 7.05 Å². The molecule has 5 heterocycles. The van der Waals surface area contributed by atoms with Crippen molar-refractivity contribution in [3.8, 4) is 11.1 Å². The Bertz CT molecular complexity index is 1190. The van der Waals surface area contributed by atoms with Crippen LogP contribution in [0, 0.1) is 0 Å². The summed E-state index contributed by atoms with van der Waals surface area (Å²) in [6.45, 7) is 3.55. The van der Waals surface area contributed by atoms with Crippen molar-refractivity contribution in [2.75, 3.05) is 24.5 Å². The molecule has 8 nitrogen and oxygen atoms in total. The molecule has 1 unspecified atom stereocenters. The number of amides is 1. The molecule has 0 spiro atoms. The first kappa shape index (κ1) is 20.5. The second-order valence-electron chi connectivity index (χ2n) is 9.47. The van der Waals surface area contributed by atoms with Gasteiger partial charge >= 0.3 is 0 Å². The summed E-state index contributed by atoms with van der Waals surface area (Å²) < 4.78 is 4.05. The number of hydrogen-bond acceptors (Lipinski definition) is 5. The van der Waals surface area contributed by atoms with E-state index in [2.05, 4.69) is 49.7 Å². The van der Waals surface area contributed by atoms with E-state index in [1.807, 2.05) is 17.9 Å². The molecule has 0 radical (unpaired) electrons. The molecule has 33 heavy (non-hydrogen) atoms. The van der Waals surface area contributed by atoms with Crippen molar-refractivity contribution in [3.05, 3.63) is 47.4 Å². The molecule has 3 aromatic rings. The summed E-state index contributed by atoms with van der Waals surface area (Å²) >= 11 is 0. The highest BCUT2D eigenvalue weighted by Crippen LogP contribution is 2.39. The highest BCUT2D eigenvalue weighted by atomic mass is 16.1. The molecule has 3 aliphatic rings. The average molecular weight is 446 g/mol. The van der Waals surface area contributed by atoms with E-state index in [1.165, 1.54) is 28.1 Å². The Balaban J connectivity index is 1.41. The first-order chi connectivity index (χ1) is 16.2. The Morgan fingerprint density at radius 2 is 2.06 bits per heavy atom. The van der Waals surface area contributed by atoms with Gasteiger partial charge in [0.15, 0.2) is 5.82 Å². The molecule has 1 saturated heterocycles. The highest BCUT2D eigenvalue weighted by Gasteiger charge is 2.31. The predicted octanol–water partition coefficient (Wildman–Crippen LogP) is 2.85. The van der Waals surface area contributed by atoms with Gasteiger partial charge in [-0.15, -0.1) is 0 Å². The smallest absolute Gasteiger partial charge is 0.222 e. The van der Waals surface area contributed by atoms with Gasteiger partial charge in [0, 0.05) is 61.8 Å². The molecular formula is C25H31N7O. The van der Waals surface area contributed by atoms with Gasteiger partial charge in [0.2, 0.25) is 5.91 Å². The summed E-state index contributed by atoms with van der Waals surface area (Å²) in [5, 5.41) is 16.1. The Kier molecular flexibility index (Phi) is 5.17. The second kappa shape index (κ2) is 8.33. The largest absolute Gasteiger partial charge is 0.356 e. The molecule has 0 bridgehead atoms. The molecule has 1 aromatic carbocycles. The molecule has 172 valence electrons. The van der Waals surface area contributed by atoms with Crippen molar-refractivity contribution in [1.29, 1.82) is 0 Å². The van der Waals surface area contributed by atoms with Gasteiger partial charge in [-0.1, -0.05) is 6.07 Å². The van der Waals surface area contributed by atoms with Crippen LogP contribution in [0.4, 0.5) is 11.5 Å². The number of fused-ring (bicyclic) bond motifs is 2. The van der Waals surface area contributed by atoms with Crippen LogP contribution in [0.15, 0.2) is 30.6 Å². The summed E-state index contributed by atoms with van der Waals surface area (Å²) in [6, 6.07) is 6.92. The van der Waals surface area contributed by atoms with Crippen LogP contribution in [0.5, 0.6) is 0 Å². The molecule has 0 saturated carbocycles. The number of hydrogen-bond donors (Lipinski definition) is 2. The number of anilines is 2. The summed E-state index contributed by atoms with van der Waals surface area (Å²) in [5.74, 6) is 1.20. The van der Waals surface area contributed by atoms with Crippen molar-refractivity contribution >= 4 is 17.4 Å². The zero-order valence-electron chi connectivity index (χ0n) is 19.2. The van der Waals surface area contributed by atoms with E-state index >= 15 is 0 Å². The van der Waals surface area contributed by atoms with Crippen LogP contribution >= 0.6 is 0 Å². The van der Waals surface area contributed by atoms with Crippen molar-refractivity contribution in [3.63, 3.8) is 0 Å². The molecule has 2 aromatic heterocycles. The monoisotopic (exact) mass is 445 g/mol. The average Bonchev–Trinajstić information content (AvgIpc) is 3.33. The Morgan fingerprint density at radius 3 is 2.91 bits per heavy atom. The third kappa shape index (κ3) is 3.72. The molecule has 1 amide bonds. The topological polar surface area (TPSA) is 80.0 Å². The summed E-state index contributed by atoms with van der Waals surface area (Å²) in [7, 11) is 1.95. The predicted molar refractivity (Wildman–Crippen MR) is 128 cm³/mol. The second-order valence-corrected chi connectivity index (χ2v) is 9.47. The van der Waals surface area contributed by atoms with Crippen LogP contribution in [0.25, 0.3) is 11.1 Å². The lowest BCUT2D eigenvalue weighted by Gasteiger charge is -2.31. The highest BCUT2D eigenvalue weighted by molar-refractivity contribution is 5.77. The Morgan fingerprint density at radius 1 is 1.12 bits per heavy atom. The van der Waals surface area contributed by atoms with Gasteiger partial charge in [0.1, 0.15) is 0 Å². The van der Waals surface area contributed by atoms with E-state index in [0.717, 1.165) is 69.7 Å². The summed E-state index contributed by atoms with van der Waals surface area (Å²) in [4.78, 5) is 14.5. The maximum atomic E-state index is 12.1. The molecule has 0 aliphatic carbocycles. The maximum Gasteiger partial charge on any atom is 0.222 e. The van der Waals surface area contributed by atoms with E-state index in [9.17, 15) is 4.79 Å². The van der Waals surface area contributed by atoms with Crippen LogP contribution in [-0.2, 0) is 31.2 Å². The normalized spacial score (nSPS) is 20.7. The number of aryl methyl sites for hydroxylation is 2. The van der Waals surface area contributed by atoms with E-state index in [-0.39, 0.29) is 11.9 Å². The number of benzene rings is 1. The van der Waals surface area contributed by atoms with E-state index in [4.69, 9.17) is 5.10 Å². The van der Waals surface area contributed by atoms with Crippen LogP contribution in [0.1, 0.15) is 48.5 Å². The van der Waals surface area contributed by atoms with Gasteiger partial charge < -0.3 is 15.5 Å². The SMILES string of the molecule is Cn1cc(-c2ccc3c(c2)CCCN3c2nn(C3CCNC(=O)C3)c3c2CNCCC3)cn1. The number of rotatable bonds is 3. The Labute approximate surface area is 194 Å². The van der Waals surface area contributed by atoms with E-state index in [1.54, 1.807) is 0 Å². The fourth-order valence-corrected chi connectivity index (χ4v) is 5.59. The molecule has 1 fully saturated rings. The first-order valence-electron chi connectivity index (χ1n) is 12.1. The van der Waals surface area contributed by atoms with Crippen LogP contribution in [0.2, 0.25) is 0 Å². The number of nitrogens with zero attached hydrogens (tertiary/aromatic N) is 5. The fourth-order valence-electron chi connectivity index (χ4n) is 5.59. The maximum absolute atomic E-state index is 12.1. The quantitative estimate of drug-likeness (QED) is 0.648. The lowest BCUT2D eigenvalue weighted by molar-refractivity contribution is -0.123. The number of nitrogens with one attached hydrogen (secondary N) is 2. The van der Waals surface area contributed by atoms with Gasteiger partial charge in [-0.05, 0) is 61.9 Å². The van der Waals surface area contributed by atoms with Gasteiger partial charge in [-0.25, -0.2) is 0 Å². The lowest BCUT2D eigenvalue weighted by atomic mass is 9.97. The third-order valence-corrected chi connectivity index (χ3v) is 7.22. The molecule has 1 atom stereocenters. The van der Waals surface area contributed by atoms with Gasteiger partial charge in [0.25, 0.3) is 0 Å². The molecule has 8 heteroatoms. The fraction of sp³-hybridized carbons (Fsp3) is 0.480. The number of piperidine rings is 1. The standard InChI is InChI=1S/C25H31N7O/c1-30-16-19(14-28-30)17-6-7-22-18(12-17)4-3-11-31(22)25-21-15-26-9-2-5-23(21)32(29-25)20-8-10-27-24(33)13-20/h6-7,12,14,16,20,26H,2-5,8-11,13,15H2,1H3,(H,27,33). The first-order valence-corrected chi connectivity index (χ1v) is 12.1. The van der Waals surface area contributed by atoms with E-state index < -0.39 is 0 Å². The van der Waals surface area contributed by atoms with Crippen molar-refractivity contribution < 1.29 is 4.79 Å². The number of carbonyl (C=O) groups excluding carboxylic acids is 1. The third-order valence-electron chi connectivity index (χ3n) is 7.22. The number of carbonyl (C=O) groups is 1. The zero-order valence-corrected chi connectivity index (χ0v) is 19.2. The Hall–Kier alpha value is -3.13. The van der Waals surface area contributed by atoms with Crippen LogP contribution in [0.3, 0.4) is 0 Å². The minimum absolute atomic E-state index is 0.134. The van der Waals surface area contributed by atoms with Crippen LogP contribution < -0.4 is 15.5 Å². The van der Waals surface area contributed by atoms with Crippen molar-refractivity contribution in [2.45, 2.75) is 51.1 Å². The lowest BCUT2D eigenvalue weighted by Crippen LogP contribution is -2.35. The minimum Gasteiger partial charge on any atom is -0.356 e. The minimum atomic E-state index is 0.134. The molecular weight excluding hydrogens is 414 g/mol. The molecule has 3 aliphatic heterocycles. The number of aromatic nitrogens is 4. The molecule has 6 rings (SSSR count). The van der Waals surface area contributed by atoms with E-state index in [0.29, 0.717) is 6.42 Å². The van der Waals surface area contributed by atoms with Crippen LogP contribution in [-0.4, -0.2) is 45.1 Å². The summed E-state index contributed by atoms with van der Waals surface area (Å²) in [6.07, 6.45) is 9.74. The van der Waals surface area contributed by atoms with Crippen molar-refractivity contribution in [1.82, 2.24) is 30.2 Å². The van der Waals surface area contributed by atoms with Gasteiger partial charge in [-0.3, -0.25) is 14.2 Å².